The quantitative estimate of drug-likeness (QED) is 0.0850. The largest absolute Gasteiger partial charge is 0.452 e. The van der Waals surface area contributed by atoms with Crippen LogP contribution in [-0.4, -0.2) is 103 Å². The number of carbonyl (C=O) groups is 4. The number of rotatable bonds is 12. The highest BCUT2D eigenvalue weighted by Gasteiger charge is 2.49. The molecule has 0 radical (unpaired) electrons. The lowest BCUT2D eigenvalue weighted by molar-refractivity contribution is -0.221. The lowest BCUT2D eigenvalue weighted by Crippen LogP contribution is -2.54. The Morgan fingerprint density at radius 2 is 1.24 bits per heavy atom. The van der Waals surface area contributed by atoms with Crippen molar-refractivity contribution < 1.29 is 48.0 Å². The molecule has 2 aromatic carbocycles. The molecule has 18 heteroatoms. The first-order valence-electron chi connectivity index (χ1n) is 19.1. The normalized spacial score (nSPS) is 17.3. The summed E-state index contributed by atoms with van der Waals surface area (Å²) in [7, 11) is 2.42. The Kier molecular flexibility index (Phi) is 13.5. The smallest absolute Gasteiger partial charge is 0.425 e. The fourth-order valence-electron chi connectivity index (χ4n) is 6.44. The molecular formula is C41H54N8O10. The number of H-pyrrole nitrogens is 2. The van der Waals surface area contributed by atoms with E-state index in [9.17, 15) is 24.3 Å². The number of aliphatic hydroxyl groups is 1. The van der Waals surface area contributed by atoms with Crippen molar-refractivity contribution in [2.75, 3.05) is 14.2 Å². The van der Waals surface area contributed by atoms with E-state index in [-0.39, 0.29) is 0 Å². The van der Waals surface area contributed by atoms with Gasteiger partial charge in [-0.15, -0.1) is 0 Å². The molecule has 0 spiro atoms. The standard InChI is InChI=1S/C41H54N8O10/c1-22(2)48(46-38(52)55-10)36(50)24(5)31(57-40(6,7)54)34-42-20-29(44-34)27-16-12-25(13-17-27)26-14-18-28(19-15-26)30-21-43-35(45-30)32-33(59-41(8,9)58-32)37(51)49(23(3)4)47-39(53)56-11/h12-24,31-33,54H,1-11H3,(H,42,44)(H,43,45)(H,46,52)(H,47,53)/t24?,31-,32-,33-/m1/s1. The predicted octanol–water partition coefficient (Wildman–Crippen LogP) is 5.76. The van der Waals surface area contributed by atoms with Gasteiger partial charge in [-0.2, -0.15) is 0 Å². The molecule has 318 valence electrons. The minimum atomic E-state index is -1.61. The molecule has 2 aromatic heterocycles. The first-order chi connectivity index (χ1) is 27.7. The number of nitrogens with zero attached hydrogens (tertiary/aromatic N) is 4. The lowest BCUT2D eigenvalue weighted by Gasteiger charge is -2.33. The maximum atomic E-state index is 13.6. The summed E-state index contributed by atoms with van der Waals surface area (Å²) in [5.74, 6) is -3.86. The topological polar surface area (TPSA) is 223 Å². The number of hydrazine groups is 2. The molecule has 1 aliphatic rings. The zero-order valence-electron chi connectivity index (χ0n) is 35.1. The van der Waals surface area contributed by atoms with Gasteiger partial charge < -0.3 is 38.8 Å². The van der Waals surface area contributed by atoms with Crippen LogP contribution in [0.25, 0.3) is 33.6 Å². The van der Waals surface area contributed by atoms with Crippen LogP contribution in [0, 0.1) is 5.92 Å². The van der Waals surface area contributed by atoms with Crippen LogP contribution in [0.2, 0.25) is 0 Å². The van der Waals surface area contributed by atoms with Crippen LogP contribution in [0.4, 0.5) is 9.59 Å². The summed E-state index contributed by atoms with van der Waals surface area (Å²) in [6, 6.07) is 14.9. The number of hydrogen-bond acceptors (Lipinski definition) is 12. The maximum absolute atomic E-state index is 13.6. The number of benzene rings is 2. The summed E-state index contributed by atoms with van der Waals surface area (Å²) in [5, 5.41) is 12.9. The van der Waals surface area contributed by atoms with Crippen LogP contribution >= 0.6 is 0 Å². The van der Waals surface area contributed by atoms with Gasteiger partial charge in [-0.25, -0.2) is 40.4 Å². The highest BCUT2D eigenvalue weighted by atomic mass is 16.8. The van der Waals surface area contributed by atoms with E-state index in [4.69, 9.17) is 18.9 Å². The molecule has 0 bridgehead atoms. The Balaban J connectivity index is 1.31. The Morgan fingerprint density at radius 1 is 0.763 bits per heavy atom. The summed E-state index contributed by atoms with van der Waals surface area (Å²) in [4.78, 5) is 66.7. The Labute approximate surface area is 342 Å². The average molecular weight is 819 g/mol. The van der Waals surface area contributed by atoms with E-state index >= 15 is 0 Å². The number of aromatic nitrogens is 4. The summed E-state index contributed by atoms with van der Waals surface area (Å²) in [6.45, 7) is 14.9. The second kappa shape index (κ2) is 18.0. The highest BCUT2D eigenvalue weighted by Crippen LogP contribution is 2.39. The molecular weight excluding hydrogens is 764 g/mol. The van der Waals surface area contributed by atoms with E-state index < -0.39 is 71.9 Å². The predicted molar refractivity (Wildman–Crippen MR) is 214 cm³/mol. The van der Waals surface area contributed by atoms with Crippen LogP contribution in [0.1, 0.15) is 86.2 Å². The van der Waals surface area contributed by atoms with Crippen molar-refractivity contribution >= 4 is 24.0 Å². The van der Waals surface area contributed by atoms with Gasteiger partial charge >= 0.3 is 12.2 Å². The Hall–Kier alpha value is -5.82. The molecule has 18 nitrogen and oxygen atoms in total. The molecule has 1 fully saturated rings. The molecule has 4 amide bonds. The van der Waals surface area contributed by atoms with E-state index in [0.717, 1.165) is 32.3 Å². The van der Waals surface area contributed by atoms with Crippen molar-refractivity contribution in [1.29, 1.82) is 0 Å². The third-order valence-electron chi connectivity index (χ3n) is 9.36. The second-order valence-corrected chi connectivity index (χ2v) is 15.6. The summed E-state index contributed by atoms with van der Waals surface area (Å²) < 4.78 is 27.4. The number of methoxy groups -OCH3 is 2. The Morgan fingerprint density at radius 3 is 1.73 bits per heavy atom. The molecule has 1 unspecified atom stereocenters. The maximum Gasteiger partial charge on any atom is 0.425 e. The zero-order chi connectivity index (χ0) is 43.4. The number of hydrogen-bond donors (Lipinski definition) is 5. The molecule has 0 saturated carbocycles. The lowest BCUT2D eigenvalue weighted by atomic mass is 10.0. The summed E-state index contributed by atoms with van der Waals surface area (Å²) in [6.07, 6.45) is -1.27. The van der Waals surface area contributed by atoms with Gasteiger partial charge in [-0.3, -0.25) is 9.59 Å². The molecule has 59 heavy (non-hydrogen) atoms. The van der Waals surface area contributed by atoms with Crippen LogP contribution < -0.4 is 10.9 Å². The minimum absolute atomic E-state index is 0.317. The number of amides is 4. The SMILES string of the molecule is COC(=O)NN(C(=O)C(C)[C@@H](OC(C)(C)O)c1ncc(-c2ccc(-c3ccc(-c4cnc([C@@H]5OC(C)(C)O[C@H]5C(=O)N(NC(=O)OC)C(C)C)[nH]4)cc3)cc2)[nH]1)C(C)C. The number of carbonyl (C=O) groups excluding carboxylic acids is 4. The molecule has 3 heterocycles. The molecule has 4 atom stereocenters. The average Bonchev–Trinajstić information content (AvgIpc) is 3.96. The summed E-state index contributed by atoms with van der Waals surface area (Å²) >= 11 is 0. The monoisotopic (exact) mass is 818 g/mol. The third kappa shape index (κ3) is 10.6. The van der Waals surface area contributed by atoms with Gasteiger partial charge in [0, 0.05) is 12.1 Å². The van der Waals surface area contributed by atoms with E-state index in [1.807, 2.05) is 48.5 Å². The fourth-order valence-corrected chi connectivity index (χ4v) is 6.44. The van der Waals surface area contributed by atoms with Crippen molar-refractivity contribution in [2.24, 2.45) is 5.92 Å². The molecule has 1 saturated heterocycles. The van der Waals surface area contributed by atoms with Gasteiger partial charge in [0.1, 0.15) is 17.8 Å². The van der Waals surface area contributed by atoms with Gasteiger partial charge in [0.25, 0.3) is 5.91 Å². The van der Waals surface area contributed by atoms with Gasteiger partial charge in [0.2, 0.25) is 5.91 Å². The van der Waals surface area contributed by atoms with Crippen molar-refractivity contribution in [3.05, 3.63) is 72.6 Å². The van der Waals surface area contributed by atoms with Crippen molar-refractivity contribution in [2.45, 2.75) is 104 Å². The number of imidazole rings is 2. The summed E-state index contributed by atoms with van der Waals surface area (Å²) in [5.41, 5.74) is 9.83. The van der Waals surface area contributed by atoms with Crippen LogP contribution in [0.15, 0.2) is 60.9 Å². The number of nitrogens with one attached hydrogen (secondary N) is 4. The second-order valence-electron chi connectivity index (χ2n) is 15.6. The molecule has 1 aliphatic heterocycles. The Bertz CT molecular complexity index is 2090. The van der Waals surface area contributed by atoms with Gasteiger partial charge in [-0.05, 0) is 77.6 Å². The number of ether oxygens (including phenoxy) is 5. The fraction of sp³-hybridized carbons (Fsp3) is 0.463. The zero-order valence-corrected chi connectivity index (χ0v) is 35.1. The van der Waals surface area contributed by atoms with Gasteiger partial charge in [0.05, 0.1) is 43.9 Å². The van der Waals surface area contributed by atoms with E-state index in [1.54, 1.807) is 60.9 Å². The van der Waals surface area contributed by atoms with Crippen LogP contribution in [0.3, 0.4) is 0 Å². The van der Waals surface area contributed by atoms with Crippen LogP contribution in [0.5, 0.6) is 0 Å². The van der Waals surface area contributed by atoms with E-state index in [2.05, 4.69) is 35.5 Å². The van der Waals surface area contributed by atoms with Crippen molar-refractivity contribution in [3.8, 4) is 33.6 Å². The molecule has 4 aromatic rings. The van der Waals surface area contributed by atoms with Crippen LogP contribution in [-0.2, 0) is 33.3 Å². The first kappa shape index (κ1) is 44.3. The first-order valence-corrected chi connectivity index (χ1v) is 19.1. The highest BCUT2D eigenvalue weighted by molar-refractivity contribution is 5.84. The van der Waals surface area contributed by atoms with Gasteiger partial charge in [-0.1, -0.05) is 55.5 Å². The van der Waals surface area contributed by atoms with Crippen molar-refractivity contribution in [1.82, 2.24) is 40.8 Å². The number of aromatic amines is 2. The van der Waals surface area contributed by atoms with Gasteiger partial charge in [0.15, 0.2) is 23.8 Å². The molecule has 5 rings (SSSR count). The van der Waals surface area contributed by atoms with Crippen molar-refractivity contribution in [3.63, 3.8) is 0 Å². The molecule has 0 aliphatic carbocycles. The van der Waals surface area contributed by atoms with E-state index in [0.29, 0.717) is 23.0 Å². The minimum Gasteiger partial charge on any atom is -0.452 e. The molecule has 5 N–H and O–H groups in total. The van der Waals surface area contributed by atoms with E-state index in [1.165, 1.54) is 28.1 Å². The third-order valence-corrected chi connectivity index (χ3v) is 9.36.